The third-order valence-corrected chi connectivity index (χ3v) is 19.7. The number of rotatable bonds is 13. The topological polar surface area (TPSA) is 200 Å². The number of aliphatic hydroxyl groups is 2. The smallest absolute Gasteiger partial charge is 0.350 e. The number of ether oxygens (including phenoxy) is 2. The molecule has 0 amide bonds. The number of likely N-dealkylation sites (N-methyl/N-ethyl adjacent to an activating group) is 1. The Morgan fingerprint density at radius 2 is 1.89 bits per heavy atom. The van der Waals surface area contributed by atoms with Gasteiger partial charge in [0.25, 0.3) is 5.60 Å². The molecule has 13 nitrogen and oxygen atoms in total. The van der Waals surface area contributed by atoms with E-state index in [0.717, 1.165) is 106 Å². The number of nitrogens with two attached hydrogens (primary N) is 1. The first-order valence-electron chi connectivity index (χ1n) is 28.0. The Kier molecular flexibility index (Phi) is 13.7. The minimum Gasteiger partial charge on any atom is -0.459 e. The molecule has 392 valence electrons. The van der Waals surface area contributed by atoms with E-state index in [4.69, 9.17) is 15.2 Å². The Balaban J connectivity index is 1.02. The number of ketones is 2. The summed E-state index contributed by atoms with van der Waals surface area (Å²) in [5.41, 5.74) is 9.00. The fraction of sp³-hybridized carbons (Fsp3) is 0.617. The van der Waals surface area contributed by atoms with Gasteiger partial charge in [-0.15, -0.1) is 0 Å². The number of carbonyl (C=O) groups excluding carboxylic acids is 3. The number of Topliss-reactive ketones (excluding diaryl/α,β-unsaturated/α-hetero) is 2. The van der Waals surface area contributed by atoms with Crippen molar-refractivity contribution in [2.75, 3.05) is 33.4 Å². The number of dihydropyridines is 2. The third-order valence-electron chi connectivity index (χ3n) is 19.7. The quantitative estimate of drug-likeness (QED) is 0.0436. The molecule has 11 aliphatic rings. The average Bonchev–Trinajstić information content (AvgIpc) is 4.11. The van der Waals surface area contributed by atoms with Gasteiger partial charge >= 0.3 is 5.97 Å². The minimum absolute atomic E-state index is 0.0563. The minimum atomic E-state index is -2.26. The highest BCUT2D eigenvalue weighted by atomic mass is 16.7. The number of allylic oxidation sites excluding steroid dienone is 8. The molecule has 1 spiro atoms. The number of hydrogen-bond donors (Lipinski definition) is 8. The number of nitrogens with one attached hydrogen (secondary N) is 5. The van der Waals surface area contributed by atoms with Crippen LogP contribution >= 0.6 is 0 Å². The van der Waals surface area contributed by atoms with E-state index in [1.807, 2.05) is 38.4 Å². The molecule has 12 rings (SSSR count). The first-order valence-corrected chi connectivity index (χ1v) is 28.0. The average molecular weight is 997 g/mol. The fourth-order valence-corrected chi connectivity index (χ4v) is 16.2. The highest BCUT2D eigenvalue weighted by molar-refractivity contribution is 6.33. The lowest BCUT2D eigenvalue weighted by Gasteiger charge is -2.60. The van der Waals surface area contributed by atoms with Gasteiger partial charge in [0.15, 0.2) is 11.4 Å². The molecule has 1 aromatic rings. The number of carbonyl (C=O) groups is 3. The van der Waals surface area contributed by atoms with Crippen molar-refractivity contribution in [3.05, 3.63) is 117 Å². The van der Waals surface area contributed by atoms with Crippen molar-refractivity contribution < 1.29 is 34.1 Å². The Hall–Kier alpha value is -4.63. The first kappa shape index (κ1) is 50.5. The van der Waals surface area contributed by atoms with Crippen molar-refractivity contribution in [3.63, 3.8) is 0 Å². The van der Waals surface area contributed by atoms with E-state index in [9.17, 15) is 10.2 Å². The molecule has 13 atom stereocenters. The van der Waals surface area contributed by atoms with Crippen molar-refractivity contribution in [1.29, 1.82) is 0 Å². The molecule has 73 heavy (non-hydrogen) atoms. The summed E-state index contributed by atoms with van der Waals surface area (Å²) < 4.78 is 13.9. The normalized spacial score (nSPS) is 38.5. The standard InChI is InChI=1S/C60H80N6O7/c1-5-65-58-26-22-39(24-28-67)52-51(58)45-18-17-37(43-12-6-10-41(31-58)49(43)45)11-8-25-57(3,29-36-15-20-47(61)64-33-36)30-40-9-7-13-46-50(40)54(70)60(56(71)72-52)59(73-60,53(46)69)32-42(34-68)35(2)14-16-38-23-27-63-55-44(38)19-21-48(62-4)66-55/h6-7,9-10,13,15,20,23,31,33,37,39,43,45,47-49,51-52,62-68H,5,8,11-12,14,16-19,21-22,24-30,32,34,61H2,1-4H3/b42-35-/t37-,39-,43+,45+,47?,48+,49-,51-,52-,57+,58+,59+,60+/m1/s1. The molecule has 2 saturated carbocycles. The molecule has 6 aliphatic heterocycles. The molecule has 1 saturated heterocycles. The maximum Gasteiger partial charge on any atom is 0.350 e. The summed E-state index contributed by atoms with van der Waals surface area (Å²) in [5.74, 6) is 0.495. The lowest BCUT2D eigenvalue weighted by molar-refractivity contribution is -0.173. The van der Waals surface area contributed by atoms with Crippen molar-refractivity contribution in [2.45, 2.75) is 159 Å². The van der Waals surface area contributed by atoms with Gasteiger partial charge in [-0.3, -0.25) is 9.59 Å². The Labute approximate surface area is 432 Å². The molecular formula is C60H80N6O7. The summed E-state index contributed by atoms with van der Waals surface area (Å²) in [6.07, 6.45) is 27.3. The summed E-state index contributed by atoms with van der Waals surface area (Å²) in [7, 11) is 1.96. The lowest BCUT2D eigenvalue weighted by atomic mass is 9.48. The third kappa shape index (κ3) is 8.56. The zero-order valence-corrected chi connectivity index (χ0v) is 43.6. The van der Waals surface area contributed by atoms with Crippen LogP contribution in [-0.4, -0.2) is 96.3 Å². The number of benzene rings is 1. The number of hydrogen-bond acceptors (Lipinski definition) is 13. The number of esters is 1. The second kappa shape index (κ2) is 19.8. The van der Waals surface area contributed by atoms with Crippen LogP contribution < -0.4 is 32.3 Å². The number of epoxide rings is 1. The Morgan fingerprint density at radius 1 is 1.03 bits per heavy atom. The molecule has 9 N–H and O–H groups in total. The fourth-order valence-electron chi connectivity index (χ4n) is 16.2. The van der Waals surface area contributed by atoms with Crippen LogP contribution in [0, 0.1) is 40.9 Å². The molecule has 13 heteroatoms. The van der Waals surface area contributed by atoms with Crippen LogP contribution in [0.1, 0.15) is 143 Å². The summed E-state index contributed by atoms with van der Waals surface area (Å²) in [6.45, 7) is 7.45. The SMILES string of the molecule is CCN[C@]12C=C3C=CC[C@H]4[C@@H]5CCC[C@@](C)(CC6=CNC(N)C=C6)Cc6cccc7c6C(=O)[C@]6(O[C@@]6(C/C(CO)=C(\C)CCC6=CCNC8=C6CC[C@@H](NC)N8)C7=O)C(=O)O[C@H]([C@@H](CCO)CC1)[C@H]2[C@@H](CC5)[C@H]34. The summed E-state index contributed by atoms with van der Waals surface area (Å²) in [6, 6.07) is 5.55. The second-order valence-corrected chi connectivity index (χ2v) is 23.9. The van der Waals surface area contributed by atoms with E-state index in [2.05, 4.69) is 70.8 Å². The molecule has 5 aliphatic carbocycles. The van der Waals surface area contributed by atoms with Crippen molar-refractivity contribution in [3.8, 4) is 0 Å². The number of aliphatic hydroxyl groups excluding tert-OH is 2. The van der Waals surface area contributed by atoms with Crippen LogP contribution in [0.3, 0.4) is 0 Å². The highest BCUT2D eigenvalue weighted by Crippen LogP contribution is 2.63. The predicted octanol–water partition coefficient (Wildman–Crippen LogP) is 7.00. The summed E-state index contributed by atoms with van der Waals surface area (Å²) >= 11 is 0. The molecule has 1 aromatic carbocycles. The summed E-state index contributed by atoms with van der Waals surface area (Å²) in [5, 5.41) is 39.6. The van der Waals surface area contributed by atoms with Gasteiger partial charge in [-0.1, -0.05) is 80.8 Å². The zero-order valence-electron chi connectivity index (χ0n) is 43.6. The van der Waals surface area contributed by atoms with Crippen molar-refractivity contribution in [1.82, 2.24) is 26.6 Å². The van der Waals surface area contributed by atoms with Gasteiger partial charge in [0, 0.05) is 48.4 Å². The van der Waals surface area contributed by atoms with Gasteiger partial charge in [-0.05, 0) is 178 Å². The highest BCUT2D eigenvalue weighted by Gasteiger charge is 2.86. The van der Waals surface area contributed by atoms with Gasteiger partial charge in [-0.25, -0.2) is 4.79 Å². The molecule has 6 heterocycles. The lowest BCUT2D eigenvalue weighted by Crippen LogP contribution is -2.66. The monoisotopic (exact) mass is 997 g/mol. The van der Waals surface area contributed by atoms with Gasteiger partial charge in [0.2, 0.25) is 5.78 Å². The molecule has 3 fully saturated rings. The van der Waals surface area contributed by atoms with E-state index in [1.54, 1.807) is 6.07 Å². The maximum atomic E-state index is 16.1. The predicted molar refractivity (Wildman–Crippen MR) is 281 cm³/mol. The van der Waals surface area contributed by atoms with Gasteiger partial charge in [0.05, 0.1) is 18.9 Å². The zero-order chi connectivity index (χ0) is 50.9. The van der Waals surface area contributed by atoms with Crippen molar-refractivity contribution >= 4 is 17.5 Å². The molecule has 1 unspecified atom stereocenters. The van der Waals surface area contributed by atoms with Crippen LogP contribution in [0.5, 0.6) is 0 Å². The Bertz CT molecular complexity index is 2630. The maximum absolute atomic E-state index is 16.1. The van der Waals surface area contributed by atoms with Crippen LogP contribution in [0.4, 0.5) is 0 Å². The van der Waals surface area contributed by atoms with E-state index in [-0.39, 0.29) is 66.3 Å². The van der Waals surface area contributed by atoms with Gasteiger partial charge < -0.3 is 52.0 Å². The van der Waals surface area contributed by atoms with Crippen LogP contribution in [0.2, 0.25) is 0 Å². The molecule has 0 aromatic heterocycles. The first-order chi connectivity index (χ1) is 35.3. The van der Waals surface area contributed by atoms with E-state index < -0.39 is 40.4 Å². The van der Waals surface area contributed by atoms with E-state index >= 15 is 14.4 Å². The van der Waals surface area contributed by atoms with E-state index in [0.29, 0.717) is 49.1 Å². The van der Waals surface area contributed by atoms with Crippen molar-refractivity contribution in [2.24, 2.45) is 46.7 Å². The van der Waals surface area contributed by atoms with Crippen LogP contribution in [0.15, 0.2) is 100 Å². The summed E-state index contributed by atoms with van der Waals surface area (Å²) in [4.78, 5) is 47.8. The van der Waals surface area contributed by atoms with Crippen LogP contribution in [0.25, 0.3) is 0 Å². The molecule has 6 bridgehead atoms. The Morgan fingerprint density at radius 3 is 2.67 bits per heavy atom. The molecular weight excluding hydrogens is 917 g/mol. The number of fused-ring (bicyclic) bond motifs is 6. The van der Waals surface area contributed by atoms with E-state index in [1.165, 1.54) is 16.7 Å². The van der Waals surface area contributed by atoms with Crippen LogP contribution in [-0.2, 0) is 20.7 Å². The van der Waals surface area contributed by atoms with Gasteiger partial charge in [0.1, 0.15) is 11.9 Å². The van der Waals surface area contributed by atoms with Gasteiger partial charge in [-0.2, -0.15) is 0 Å². The molecule has 0 radical (unpaired) electrons. The largest absolute Gasteiger partial charge is 0.459 e. The second-order valence-electron chi connectivity index (χ2n) is 23.9.